The van der Waals surface area contributed by atoms with Crippen LogP contribution in [0.25, 0.3) is 0 Å². The fraction of sp³-hybridized carbons (Fsp3) is 0.889. The molecule has 1 aliphatic rings. The molecule has 1 rings (SSSR count). The molecule has 12 heavy (non-hydrogen) atoms. The lowest BCUT2D eigenvalue weighted by atomic mass is 10.0. The Morgan fingerprint density at radius 2 is 2.25 bits per heavy atom. The Morgan fingerprint density at radius 3 is 3.00 bits per heavy atom. The van der Waals surface area contributed by atoms with Crippen molar-refractivity contribution >= 4 is 5.78 Å². The van der Waals surface area contributed by atoms with Gasteiger partial charge >= 0.3 is 0 Å². The molecule has 0 spiro atoms. The Hall–Kier alpha value is -0.410. The van der Waals surface area contributed by atoms with Crippen molar-refractivity contribution in [2.24, 2.45) is 0 Å². The first kappa shape index (κ1) is 9.68. The standard InChI is InChI=1S/C9H18N2O/c1-10-8-4-2-3-6-11-7-5-9(8)12/h8,10-11H,2-7H2,1H3. The highest BCUT2D eigenvalue weighted by atomic mass is 16.1. The molecule has 2 N–H and O–H groups in total. The highest BCUT2D eigenvalue weighted by Gasteiger charge is 2.15. The van der Waals surface area contributed by atoms with E-state index in [2.05, 4.69) is 10.6 Å². The average Bonchev–Trinajstić information content (AvgIpc) is 2.17. The molecule has 0 aromatic carbocycles. The zero-order valence-electron chi connectivity index (χ0n) is 7.73. The second kappa shape index (κ2) is 5.27. The molecule has 0 radical (unpaired) electrons. The largest absolute Gasteiger partial charge is 0.316 e. The molecule has 0 aliphatic carbocycles. The van der Waals surface area contributed by atoms with E-state index in [1.807, 2.05) is 7.05 Å². The van der Waals surface area contributed by atoms with Gasteiger partial charge in [0.1, 0.15) is 0 Å². The third kappa shape index (κ3) is 2.91. The predicted molar refractivity (Wildman–Crippen MR) is 49.2 cm³/mol. The van der Waals surface area contributed by atoms with Crippen LogP contribution >= 0.6 is 0 Å². The monoisotopic (exact) mass is 170 g/mol. The molecule has 1 saturated heterocycles. The molecule has 1 unspecified atom stereocenters. The first-order chi connectivity index (χ1) is 5.84. The van der Waals surface area contributed by atoms with Crippen LogP contribution in [0.1, 0.15) is 25.7 Å². The molecule has 1 aliphatic heterocycles. The van der Waals surface area contributed by atoms with Crippen molar-refractivity contribution in [1.29, 1.82) is 0 Å². The minimum Gasteiger partial charge on any atom is -0.316 e. The van der Waals surface area contributed by atoms with E-state index in [4.69, 9.17) is 0 Å². The maximum Gasteiger partial charge on any atom is 0.150 e. The topological polar surface area (TPSA) is 41.1 Å². The van der Waals surface area contributed by atoms with Gasteiger partial charge in [-0.05, 0) is 26.4 Å². The van der Waals surface area contributed by atoms with Gasteiger partial charge in [0, 0.05) is 13.0 Å². The summed E-state index contributed by atoms with van der Waals surface area (Å²) in [5.41, 5.74) is 0. The fourth-order valence-electron chi connectivity index (χ4n) is 1.58. The molecule has 1 heterocycles. The minimum absolute atomic E-state index is 0.102. The lowest BCUT2D eigenvalue weighted by Crippen LogP contribution is -2.34. The summed E-state index contributed by atoms with van der Waals surface area (Å²) in [6.07, 6.45) is 4.00. The van der Waals surface area contributed by atoms with Crippen LogP contribution in [0, 0.1) is 0 Å². The van der Waals surface area contributed by atoms with E-state index >= 15 is 0 Å². The second-order valence-electron chi connectivity index (χ2n) is 3.30. The maximum atomic E-state index is 11.4. The number of hydrogen-bond acceptors (Lipinski definition) is 3. The Labute approximate surface area is 73.9 Å². The zero-order valence-corrected chi connectivity index (χ0v) is 7.73. The smallest absolute Gasteiger partial charge is 0.150 e. The minimum atomic E-state index is 0.102. The molecule has 0 aromatic rings. The summed E-state index contributed by atoms with van der Waals surface area (Å²) in [6, 6.07) is 0.102. The molecule has 3 nitrogen and oxygen atoms in total. The van der Waals surface area contributed by atoms with Crippen molar-refractivity contribution in [2.45, 2.75) is 31.7 Å². The summed E-state index contributed by atoms with van der Waals surface area (Å²) in [5, 5.41) is 6.33. The summed E-state index contributed by atoms with van der Waals surface area (Å²) in [4.78, 5) is 11.4. The Morgan fingerprint density at radius 1 is 1.42 bits per heavy atom. The van der Waals surface area contributed by atoms with E-state index in [1.54, 1.807) is 0 Å². The van der Waals surface area contributed by atoms with E-state index in [1.165, 1.54) is 6.42 Å². The number of carbonyl (C=O) groups excluding carboxylic acids is 1. The van der Waals surface area contributed by atoms with Gasteiger partial charge in [-0.25, -0.2) is 0 Å². The van der Waals surface area contributed by atoms with Crippen molar-refractivity contribution in [3.8, 4) is 0 Å². The Bertz CT molecular complexity index is 147. The van der Waals surface area contributed by atoms with Crippen molar-refractivity contribution in [2.75, 3.05) is 20.1 Å². The van der Waals surface area contributed by atoms with E-state index < -0.39 is 0 Å². The lowest BCUT2D eigenvalue weighted by Gasteiger charge is -2.12. The Balaban J connectivity index is 2.41. The van der Waals surface area contributed by atoms with Gasteiger partial charge in [-0.3, -0.25) is 4.79 Å². The zero-order chi connectivity index (χ0) is 8.81. The highest BCUT2D eigenvalue weighted by molar-refractivity contribution is 5.84. The van der Waals surface area contributed by atoms with Crippen LogP contribution in [0.4, 0.5) is 0 Å². The van der Waals surface area contributed by atoms with Crippen molar-refractivity contribution in [3.63, 3.8) is 0 Å². The summed E-state index contributed by atoms with van der Waals surface area (Å²) in [5.74, 6) is 0.354. The normalized spacial score (nSPS) is 27.4. The van der Waals surface area contributed by atoms with Gasteiger partial charge in [0.15, 0.2) is 5.78 Å². The van der Waals surface area contributed by atoms with Gasteiger partial charge in [-0.1, -0.05) is 6.42 Å². The quantitative estimate of drug-likeness (QED) is 0.595. The third-order valence-electron chi connectivity index (χ3n) is 2.38. The van der Waals surface area contributed by atoms with E-state index in [0.29, 0.717) is 12.2 Å². The lowest BCUT2D eigenvalue weighted by molar-refractivity contribution is -0.120. The first-order valence-corrected chi connectivity index (χ1v) is 4.75. The maximum absolute atomic E-state index is 11.4. The van der Waals surface area contributed by atoms with Crippen LogP contribution in [-0.2, 0) is 4.79 Å². The SMILES string of the molecule is CNC1CCCCNCCC1=O. The van der Waals surface area contributed by atoms with Crippen LogP contribution < -0.4 is 10.6 Å². The predicted octanol–water partition coefficient (Wildman–Crippen LogP) is 0.307. The molecule has 0 saturated carbocycles. The van der Waals surface area contributed by atoms with Gasteiger partial charge in [0.05, 0.1) is 6.04 Å². The average molecular weight is 170 g/mol. The van der Waals surface area contributed by atoms with Crippen LogP contribution in [-0.4, -0.2) is 32.0 Å². The van der Waals surface area contributed by atoms with Crippen LogP contribution in [0.5, 0.6) is 0 Å². The second-order valence-corrected chi connectivity index (χ2v) is 3.30. The molecule has 1 atom stereocenters. The van der Waals surface area contributed by atoms with Gasteiger partial charge in [-0.15, -0.1) is 0 Å². The highest BCUT2D eigenvalue weighted by Crippen LogP contribution is 2.05. The first-order valence-electron chi connectivity index (χ1n) is 4.75. The fourth-order valence-corrected chi connectivity index (χ4v) is 1.58. The molecule has 0 aromatic heterocycles. The molecule has 0 bridgehead atoms. The summed E-state index contributed by atoms with van der Waals surface area (Å²) >= 11 is 0. The molecular formula is C9H18N2O. The summed E-state index contributed by atoms with van der Waals surface area (Å²) in [6.45, 7) is 1.90. The number of Topliss-reactive ketones (excluding diaryl/α,β-unsaturated/α-hetero) is 1. The molecule has 70 valence electrons. The number of ketones is 1. The van der Waals surface area contributed by atoms with E-state index in [-0.39, 0.29) is 6.04 Å². The number of likely N-dealkylation sites (N-methyl/N-ethyl adjacent to an activating group) is 1. The summed E-state index contributed by atoms with van der Waals surface area (Å²) in [7, 11) is 1.87. The molecule has 3 heteroatoms. The van der Waals surface area contributed by atoms with Crippen LogP contribution in [0.3, 0.4) is 0 Å². The summed E-state index contributed by atoms with van der Waals surface area (Å²) < 4.78 is 0. The number of hydrogen-bond donors (Lipinski definition) is 2. The van der Waals surface area contributed by atoms with Crippen molar-refractivity contribution in [3.05, 3.63) is 0 Å². The van der Waals surface area contributed by atoms with Gasteiger partial charge in [0.2, 0.25) is 0 Å². The van der Waals surface area contributed by atoms with Gasteiger partial charge in [-0.2, -0.15) is 0 Å². The third-order valence-corrected chi connectivity index (χ3v) is 2.38. The number of nitrogens with one attached hydrogen (secondary N) is 2. The van der Waals surface area contributed by atoms with Crippen LogP contribution in [0.15, 0.2) is 0 Å². The van der Waals surface area contributed by atoms with Gasteiger partial charge in [0.25, 0.3) is 0 Å². The van der Waals surface area contributed by atoms with E-state index in [0.717, 1.165) is 25.9 Å². The van der Waals surface area contributed by atoms with Gasteiger partial charge < -0.3 is 10.6 Å². The number of carbonyl (C=O) groups is 1. The van der Waals surface area contributed by atoms with Crippen LogP contribution in [0.2, 0.25) is 0 Å². The van der Waals surface area contributed by atoms with Crippen molar-refractivity contribution < 1.29 is 4.79 Å². The number of rotatable bonds is 1. The van der Waals surface area contributed by atoms with E-state index in [9.17, 15) is 4.79 Å². The van der Waals surface area contributed by atoms with Crippen molar-refractivity contribution in [1.82, 2.24) is 10.6 Å². The molecule has 0 amide bonds. The Kier molecular flexibility index (Phi) is 4.25. The molecular weight excluding hydrogens is 152 g/mol. The molecule has 1 fully saturated rings.